The first-order valence-corrected chi connectivity index (χ1v) is 20.1. The first-order valence-electron chi connectivity index (χ1n) is 18.3. The largest absolute Gasteiger partial charge is 0.497 e. The third kappa shape index (κ3) is 9.37. The maximum absolute atomic E-state index is 13.3. The number of hydrogen-bond acceptors (Lipinski definition) is 8. The lowest BCUT2D eigenvalue weighted by Crippen LogP contribution is -2.54. The fraction of sp³-hybridized carbons (Fsp3) is 0.400. The summed E-state index contributed by atoms with van der Waals surface area (Å²) in [5.41, 5.74) is -11.7. The number of anilines is 2. The summed E-state index contributed by atoms with van der Waals surface area (Å²) in [4.78, 5) is 28.5. The molecule has 0 bridgehead atoms. The van der Waals surface area contributed by atoms with Crippen LogP contribution in [-0.4, -0.2) is 77.4 Å². The minimum absolute atomic E-state index is 0.0103. The smallest absolute Gasteiger partial charge is 0.430 e. The van der Waals surface area contributed by atoms with Crippen molar-refractivity contribution in [2.75, 3.05) is 30.0 Å². The van der Waals surface area contributed by atoms with E-state index in [1.165, 1.54) is 35.3 Å². The zero-order chi connectivity index (χ0) is 46.2. The van der Waals surface area contributed by atoms with E-state index in [4.69, 9.17) is 9.15 Å². The number of amides is 2. The van der Waals surface area contributed by atoms with Gasteiger partial charge < -0.3 is 29.2 Å². The Bertz CT molecular complexity index is 2200. The van der Waals surface area contributed by atoms with Crippen LogP contribution in [0.2, 0.25) is 0 Å². The first kappa shape index (κ1) is 48.5. The molecular weight excluding hydrogens is 897 g/mol. The van der Waals surface area contributed by atoms with E-state index in [9.17, 15) is 72.5 Å². The summed E-state index contributed by atoms with van der Waals surface area (Å²) >= 11 is 2.14. The van der Waals surface area contributed by atoms with Crippen LogP contribution in [0.1, 0.15) is 53.9 Å². The van der Waals surface area contributed by atoms with Gasteiger partial charge in [-0.3, -0.25) is 9.59 Å². The molecular formula is C40H36F12N2O6S2. The van der Waals surface area contributed by atoms with Crippen LogP contribution in [0.5, 0.6) is 5.75 Å². The third-order valence-electron chi connectivity index (χ3n) is 10.0. The van der Waals surface area contributed by atoms with Crippen molar-refractivity contribution < 1.29 is 81.6 Å². The fourth-order valence-corrected chi connectivity index (χ4v) is 9.05. The molecule has 6 rings (SSSR count). The van der Waals surface area contributed by atoms with Crippen molar-refractivity contribution in [3.63, 3.8) is 0 Å². The Hall–Kier alpha value is -4.54. The zero-order valence-electron chi connectivity index (χ0n) is 32.5. The van der Waals surface area contributed by atoms with Crippen molar-refractivity contribution >= 4 is 46.7 Å². The summed E-state index contributed by atoms with van der Waals surface area (Å²) in [6.45, 7) is 4.04. The molecule has 2 amide bonds. The highest BCUT2D eigenvalue weighted by Crippen LogP contribution is 2.54. The number of rotatable bonds is 8. The van der Waals surface area contributed by atoms with Crippen molar-refractivity contribution in [2.24, 2.45) is 0 Å². The molecule has 1 aromatic heterocycles. The number of hydrogen-bond donors (Lipinski definition) is 2. The average Bonchev–Trinajstić information content (AvgIpc) is 3.75. The Morgan fingerprint density at radius 3 is 1.56 bits per heavy atom. The van der Waals surface area contributed by atoms with Crippen molar-refractivity contribution in [1.82, 2.24) is 0 Å². The second kappa shape index (κ2) is 17.9. The van der Waals surface area contributed by atoms with Gasteiger partial charge in [-0.2, -0.15) is 52.7 Å². The van der Waals surface area contributed by atoms with Gasteiger partial charge in [-0.1, -0.05) is 38.1 Å². The van der Waals surface area contributed by atoms with E-state index in [1.54, 1.807) is 38.1 Å². The molecule has 22 heteroatoms. The molecule has 2 N–H and O–H groups in total. The average molecular weight is 933 g/mol. The molecule has 8 nitrogen and oxygen atoms in total. The number of benzene rings is 3. The van der Waals surface area contributed by atoms with Crippen LogP contribution in [0.25, 0.3) is 0 Å². The number of aliphatic hydroxyl groups is 2. The van der Waals surface area contributed by atoms with E-state index in [0.29, 0.717) is 48.4 Å². The van der Waals surface area contributed by atoms with Gasteiger partial charge >= 0.3 is 24.7 Å². The van der Waals surface area contributed by atoms with Crippen LogP contribution < -0.4 is 14.5 Å². The number of carbonyl (C=O) groups is 2. The highest BCUT2D eigenvalue weighted by molar-refractivity contribution is 8.00. The van der Waals surface area contributed by atoms with Crippen molar-refractivity contribution in [2.45, 2.75) is 89.3 Å². The number of ether oxygens (including phenoxy) is 1. The Morgan fingerprint density at radius 1 is 0.677 bits per heavy atom. The topological polar surface area (TPSA) is 103 Å². The number of fused-ring (bicyclic) bond motifs is 2. The van der Waals surface area contributed by atoms with E-state index in [0.717, 1.165) is 35.7 Å². The van der Waals surface area contributed by atoms with E-state index < -0.39 is 52.9 Å². The number of methoxy groups -OCH3 is 1. The van der Waals surface area contributed by atoms with E-state index >= 15 is 0 Å². The Morgan fingerprint density at radius 2 is 1.15 bits per heavy atom. The number of nitrogens with zero attached hydrogens (tertiary/aromatic N) is 2. The van der Waals surface area contributed by atoms with Gasteiger partial charge in [0.1, 0.15) is 5.75 Å². The number of halogens is 12. The monoisotopic (exact) mass is 932 g/mol. The van der Waals surface area contributed by atoms with Gasteiger partial charge in [-0.15, -0.1) is 23.5 Å². The molecule has 0 unspecified atom stereocenters. The van der Waals surface area contributed by atoms with E-state index in [2.05, 4.69) is 0 Å². The van der Waals surface area contributed by atoms with E-state index in [-0.39, 0.29) is 62.8 Å². The lowest BCUT2D eigenvalue weighted by Gasteiger charge is -2.36. The van der Waals surface area contributed by atoms with Gasteiger partial charge in [0, 0.05) is 44.5 Å². The molecule has 2 aliphatic rings. The Labute approximate surface area is 354 Å². The van der Waals surface area contributed by atoms with Crippen LogP contribution >= 0.6 is 23.5 Å². The summed E-state index contributed by atoms with van der Waals surface area (Å²) < 4.78 is 169. The fourth-order valence-electron chi connectivity index (χ4n) is 6.57. The molecule has 0 saturated heterocycles. The molecule has 3 aromatic carbocycles. The molecule has 338 valence electrons. The molecule has 0 saturated carbocycles. The minimum Gasteiger partial charge on any atom is -0.497 e. The molecule has 62 heavy (non-hydrogen) atoms. The summed E-state index contributed by atoms with van der Waals surface area (Å²) in [6, 6.07) is 14.1. The van der Waals surface area contributed by atoms with Crippen molar-refractivity contribution in [1.29, 1.82) is 0 Å². The van der Waals surface area contributed by atoms with Gasteiger partial charge in [0.15, 0.2) is 5.76 Å². The zero-order valence-corrected chi connectivity index (χ0v) is 34.1. The quantitative estimate of drug-likeness (QED) is 0.168. The molecule has 0 radical (unpaired) electrons. The number of alkyl halides is 12. The highest BCUT2D eigenvalue weighted by Gasteiger charge is 2.72. The predicted octanol–water partition coefficient (Wildman–Crippen LogP) is 10.6. The molecule has 0 fully saturated rings. The van der Waals surface area contributed by atoms with Crippen molar-refractivity contribution in [3.8, 4) is 5.75 Å². The van der Waals surface area contributed by atoms with E-state index in [1.807, 2.05) is 0 Å². The lowest BCUT2D eigenvalue weighted by atomic mass is 9.92. The van der Waals surface area contributed by atoms with Gasteiger partial charge in [-0.25, -0.2) is 0 Å². The second-order valence-corrected chi connectivity index (χ2v) is 16.7. The van der Waals surface area contributed by atoms with Gasteiger partial charge in [0.25, 0.3) is 17.1 Å². The summed E-state index contributed by atoms with van der Waals surface area (Å²) in [7, 11) is 1.48. The Kier molecular flexibility index (Phi) is 14.0. The maximum atomic E-state index is 13.3. The van der Waals surface area contributed by atoms with Crippen molar-refractivity contribution in [3.05, 3.63) is 102 Å². The third-order valence-corrected chi connectivity index (χ3v) is 12.8. The maximum Gasteiger partial charge on any atom is 0.430 e. The summed E-state index contributed by atoms with van der Waals surface area (Å²) in [5, 5.41) is 18.9. The Balaban J connectivity index is 0.000000236. The first-order chi connectivity index (χ1) is 28.7. The van der Waals surface area contributed by atoms with Crippen LogP contribution in [-0.2, 0) is 22.4 Å². The van der Waals surface area contributed by atoms with Gasteiger partial charge in [0.05, 0.1) is 31.2 Å². The molecule has 2 atom stereocenters. The van der Waals surface area contributed by atoms with Crippen LogP contribution in [0.15, 0.2) is 93.3 Å². The lowest BCUT2D eigenvalue weighted by molar-refractivity contribution is -0.376. The predicted molar refractivity (Wildman–Crippen MR) is 204 cm³/mol. The highest BCUT2D eigenvalue weighted by atomic mass is 32.2. The van der Waals surface area contributed by atoms with Gasteiger partial charge in [-0.05, 0) is 66.9 Å². The number of carbonyl (C=O) groups excluding carboxylic acids is 2. The molecule has 3 heterocycles. The van der Waals surface area contributed by atoms with Crippen LogP contribution in [0.4, 0.5) is 64.1 Å². The molecule has 4 aromatic rings. The second-order valence-electron chi connectivity index (χ2n) is 14.0. The van der Waals surface area contributed by atoms with Crippen LogP contribution in [0.3, 0.4) is 0 Å². The molecule has 2 aliphatic heterocycles. The van der Waals surface area contributed by atoms with Crippen LogP contribution in [0, 0.1) is 0 Å². The standard InChI is InChI=1S/C22H21F6NO3S.C18H15F6NO3S/c1-3-16-12-29(19(30)10-13-5-4-6-15(9-13)32-2)17-8-7-14(11-18(17)33-16)20(31,21(23,24)25)22(26,27)28;1-2-11-9-25(15(26)13-4-3-7-28-13)12-6-5-10(8-14(12)29-11)16(27,17(19,20)21)18(22,23)24/h4-9,11,16,31H,3,10,12H2,1-2H3;3-8,11,27H,2,9H2,1H3/t16-;11-/m00/s1. The molecule has 0 spiro atoms. The normalized spacial score (nSPS) is 17.4. The SMILES string of the molecule is CC[C@H]1CN(C(=O)Cc2cccc(OC)c2)c2ccc(C(O)(C(F)(F)F)C(F)(F)F)cc2S1.CC[C@H]1CN(C(=O)c2ccco2)c2ccc(C(O)(C(F)(F)F)C(F)(F)F)cc2S1. The number of furan rings is 1. The van der Waals surface area contributed by atoms with Gasteiger partial charge in [0.2, 0.25) is 5.91 Å². The molecule has 0 aliphatic carbocycles. The summed E-state index contributed by atoms with van der Waals surface area (Å²) in [5.74, 6) is -0.393. The minimum atomic E-state index is -5.98. The summed E-state index contributed by atoms with van der Waals surface area (Å²) in [6.07, 6.45) is -21.6. The number of thioether (sulfide) groups is 2.